The Morgan fingerprint density at radius 3 is 2.75 bits per heavy atom. The van der Waals surface area contributed by atoms with Gasteiger partial charge in [0.25, 0.3) is 0 Å². The highest BCUT2D eigenvalue weighted by Crippen LogP contribution is 2.16. The first kappa shape index (κ1) is 16.2. The van der Waals surface area contributed by atoms with E-state index in [1.54, 1.807) is 6.92 Å². The van der Waals surface area contributed by atoms with Crippen molar-refractivity contribution >= 4 is 16.0 Å². The molecule has 8 heteroatoms. The molecule has 1 aromatic rings. The normalized spacial score (nSPS) is 12.8. The maximum Gasteiger partial charge on any atom is 0.352 e. The number of carbonyl (C=O) groups is 1. The summed E-state index contributed by atoms with van der Waals surface area (Å²) in [6.07, 6.45) is 2.03. The van der Waals surface area contributed by atoms with Crippen LogP contribution in [0.25, 0.3) is 0 Å². The summed E-state index contributed by atoms with van der Waals surface area (Å²) in [4.78, 5) is 11.0. The summed E-state index contributed by atoms with van der Waals surface area (Å²) in [6.45, 7) is 3.86. The molecule has 0 saturated heterocycles. The van der Waals surface area contributed by atoms with Crippen LogP contribution in [0.15, 0.2) is 17.2 Å². The summed E-state index contributed by atoms with van der Waals surface area (Å²) in [5.74, 6) is -1.18. The lowest BCUT2D eigenvalue weighted by molar-refractivity contribution is 0.0685. The van der Waals surface area contributed by atoms with E-state index in [9.17, 15) is 13.2 Å². The van der Waals surface area contributed by atoms with Crippen molar-refractivity contribution in [1.82, 2.24) is 9.29 Å². The van der Waals surface area contributed by atoms with Crippen LogP contribution in [0.4, 0.5) is 0 Å². The molecule has 1 aromatic heterocycles. The fraction of sp³-hybridized carbons (Fsp3) is 0.500. The van der Waals surface area contributed by atoms with E-state index in [2.05, 4.69) is 4.72 Å². The minimum atomic E-state index is -3.82. The fourth-order valence-electron chi connectivity index (χ4n) is 1.75. The quantitative estimate of drug-likeness (QED) is 0.785. The number of nitriles is 1. The number of nitrogens with one attached hydrogen (secondary N) is 1. The zero-order valence-corrected chi connectivity index (χ0v) is 12.1. The van der Waals surface area contributed by atoms with Gasteiger partial charge in [-0.1, -0.05) is 6.92 Å². The topological polar surface area (TPSA) is 112 Å². The van der Waals surface area contributed by atoms with Gasteiger partial charge in [-0.15, -0.1) is 0 Å². The van der Waals surface area contributed by atoms with E-state index in [1.807, 2.05) is 13.0 Å². The van der Waals surface area contributed by atoms with Gasteiger partial charge in [-0.25, -0.2) is 17.9 Å². The summed E-state index contributed by atoms with van der Waals surface area (Å²) in [5, 5.41) is 17.6. The standard InChI is InChI=1S/C12H17N3O4S/c1-3-6-15-8-10(7-11(15)12(16)17)20(18,19)14-9(2)4-5-13/h7-9,14H,3-4,6H2,1-2H3,(H,16,17). The van der Waals surface area contributed by atoms with Crippen LogP contribution in [0.3, 0.4) is 0 Å². The van der Waals surface area contributed by atoms with Crippen molar-refractivity contribution in [3.8, 4) is 6.07 Å². The average molecular weight is 299 g/mol. The van der Waals surface area contributed by atoms with Crippen LogP contribution in [0.2, 0.25) is 0 Å². The summed E-state index contributed by atoms with van der Waals surface area (Å²) in [5.41, 5.74) is -0.0693. The molecule has 110 valence electrons. The van der Waals surface area contributed by atoms with Crippen molar-refractivity contribution < 1.29 is 18.3 Å². The molecular formula is C12H17N3O4S. The molecular weight excluding hydrogens is 282 g/mol. The SMILES string of the molecule is CCCn1cc(S(=O)(=O)NC(C)CC#N)cc1C(=O)O. The first-order valence-corrected chi connectivity index (χ1v) is 7.63. The molecule has 0 aliphatic rings. The minimum absolute atomic E-state index is 0.0423. The average Bonchev–Trinajstić information content (AvgIpc) is 2.74. The maximum atomic E-state index is 12.1. The van der Waals surface area contributed by atoms with Crippen molar-refractivity contribution in [2.75, 3.05) is 0 Å². The molecule has 1 heterocycles. The highest BCUT2D eigenvalue weighted by Gasteiger charge is 2.22. The number of aromatic carboxylic acids is 1. The van der Waals surface area contributed by atoms with Crippen LogP contribution in [-0.4, -0.2) is 30.1 Å². The number of hydrogen-bond acceptors (Lipinski definition) is 4. The first-order valence-electron chi connectivity index (χ1n) is 6.14. The van der Waals surface area contributed by atoms with Gasteiger partial charge in [0.1, 0.15) is 10.6 Å². The Bertz CT molecular complexity index is 628. The monoisotopic (exact) mass is 299 g/mol. The van der Waals surface area contributed by atoms with Gasteiger partial charge in [0.15, 0.2) is 0 Å². The van der Waals surface area contributed by atoms with Gasteiger partial charge in [0.2, 0.25) is 10.0 Å². The molecule has 1 rings (SSSR count). The first-order chi connectivity index (χ1) is 9.31. The van der Waals surface area contributed by atoms with E-state index < -0.39 is 22.0 Å². The van der Waals surface area contributed by atoms with E-state index in [4.69, 9.17) is 10.4 Å². The van der Waals surface area contributed by atoms with Crippen molar-refractivity contribution in [3.05, 3.63) is 18.0 Å². The molecule has 0 aliphatic heterocycles. The molecule has 0 amide bonds. The second-order valence-corrected chi connectivity index (χ2v) is 6.16. The predicted octanol–water partition coefficient (Wildman–Crippen LogP) is 1.18. The third-order valence-electron chi connectivity index (χ3n) is 2.62. The van der Waals surface area contributed by atoms with Crippen LogP contribution >= 0.6 is 0 Å². The lowest BCUT2D eigenvalue weighted by Crippen LogP contribution is -2.32. The molecule has 0 fully saturated rings. The Hall–Kier alpha value is -1.85. The van der Waals surface area contributed by atoms with Crippen molar-refractivity contribution in [3.63, 3.8) is 0 Å². The number of hydrogen-bond donors (Lipinski definition) is 2. The molecule has 1 unspecified atom stereocenters. The Morgan fingerprint density at radius 1 is 1.60 bits per heavy atom. The fourth-order valence-corrected chi connectivity index (χ4v) is 3.03. The highest BCUT2D eigenvalue weighted by atomic mass is 32.2. The van der Waals surface area contributed by atoms with E-state index >= 15 is 0 Å². The predicted molar refractivity (Wildman–Crippen MR) is 71.7 cm³/mol. The Kier molecular flexibility index (Phi) is 5.30. The van der Waals surface area contributed by atoms with Crippen molar-refractivity contribution in [1.29, 1.82) is 5.26 Å². The summed E-state index contributed by atoms with van der Waals surface area (Å²) < 4.78 is 27.9. The van der Waals surface area contributed by atoms with Gasteiger partial charge in [-0.2, -0.15) is 5.26 Å². The summed E-state index contributed by atoms with van der Waals surface area (Å²) >= 11 is 0. The smallest absolute Gasteiger partial charge is 0.352 e. The van der Waals surface area contributed by atoms with Crippen LogP contribution in [0.1, 0.15) is 37.2 Å². The maximum absolute atomic E-state index is 12.1. The Morgan fingerprint density at radius 2 is 2.25 bits per heavy atom. The summed E-state index contributed by atoms with van der Waals surface area (Å²) in [7, 11) is -3.82. The van der Waals surface area contributed by atoms with E-state index in [-0.39, 0.29) is 17.0 Å². The number of carboxylic acid groups (broad SMARTS) is 1. The molecule has 1 atom stereocenters. The zero-order valence-electron chi connectivity index (χ0n) is 11.3. The van der Waals surface area contributed by atoms with Crippen LogP contribution in [0.5, 0.6) is 0 Å². The molecule has 0 spiro atoms. The number of rotatable bonds is 7. The largest absolute Gasteiger partial charge is 0.477 e. The number of nitrogens with zero attached hydrogens (tertiary/aromatic N) is 2. The number of sulfonamides is 1. The van der Waals surface area contributed by atoms with Gasteiger partial charge in [0, 0.05) is 18.8 Å². The highest BCUT2D eigenvalue weighted by molar-refractivity contribution is 7.89. The molecule has 7 nitrogen and oxygen atoms in total. The second kappa shape index (κ2) is 6.54. The van der Waals surface area contributed by atoms with Crippen molar-refractivity contribution in [2.45, 2.75) is 44.2 Å². The van der Waals surface area contributed by atoms with Crippen LogP contribution < -0.4 is 4.72 Å². The lowest BCUT2D eigenvalue weighted by atomic mass is 10.3. The molecule has 0 aromatic carbocycles. The molecule has 0 saturated carbocycles. The van der Waals surface area contributed by atoms with Crippen LogP contribution in [-0.2, 0) is 16.6 Å². The van der Waals surface area contributed by atoms with E-state index in [1.165, 1.54) is 10.8 Å². The molecule has 2 N–H and O–H groups in total. The van der Waals surface area contributed by atoms with Gasteiger partial charge in [-0.3, -0.25) is 0 Å². The second-order valence-electron chi connectivity index (χ2n) is 4.44. The van der Waals surface area contributed by atoms with E-state index in [0.29, 0.717) is 13.0 Å². The molecule has 0 bridgehead atoms. The van der Waals surface area contributed by atoms with Gasteiger partial charge in [0.05, 0.1) is 12.5 Å². The Labute approximate surface area is 117 Å². The Balaban J connectivity index is 3.10. The zero-order chi connectivity index (χ0) is 15.3. The number of aromatic nitrogens is 1. The molecule has 20 heavy (non-hydrogen) atoms. The molecule has 0 radical (unpaired) electrons. The van der Waals surface area contributed by atoms with Gasteiger partial charge in [-0.05, 0) is 19.4 Å². The van der Waals surface area contributed by atoms with Gasteiger partial charge < -0.3 is 9.67 Å². The van der Waals surface area contributed by atoms with Crippen LogP contribution in [0, 0.1) is 11.3 Å². The summed E-state index contributed by atoms with van der Waals surface area (Å²) in [6, 6.07) is 2.46. The minimum Gasteiger partial charge on any atom is -0.477 e. The third-order valence-corrected chi connectivity index (χ3v) is 4.18. The lowest BCUT2D eigenvalue weighted by Gasteiger charge is -2.09. The van der Waals surface area contributed by atoms with Gasteiger partial charge >= 0.3 is 5.97 Å². The third kappa shape index (κ3) is 3.82. The van der Waals surface area contributed by atoms with Crippen molar-refractivity contribution in [2.24, 2.45) is 0 Å². The number of aryl methyl sites for hydroxylation is 1. The van der Waals surface area contributed by atoms with E-state index in [0.717, 1.165) is 6.07 Å². The molecule has 0 aliphatic carbocycles. The number of carboxylic acids is 1.